The first-order valence-corrected chi connectivity index (χ1v) is 3.80. The van der Waals surface area contributed by atoms with Crippen LogP contribution in [-0.2, 0) is 9.53 Å². The van der Waals surface area contributed by atoms with Crippen molar-refractivity contribution < 1.29 is 19.4 Å². The van der Waals surface area contributed by atoms with Gasteiger partial charge in [0.1, 0.15) is 24.7 Å². The number of aromatic hydroxyl groups is 1. The highest BCUT2D eigenvalue weighted by Gasteiger charge is 1.93. The van der Waals surface area contributed by atoms with Crippen molar-refractivity contribution in [1.29, 1.82) is 0 Å². The van der Waals surface area contributed by atoms with Crippen molar-refractivity contribution in [2.75, 3.05) is 13.2 Å². The van der Waals surface area contributed by atoms with Gasteiger partial charge in [0.15, 0.2) is 0 Å². The molecule has 0 bridgehead atoms. The van der Waals surface area contributed by atoms with Crippen LogP contribution in [0.4, 0.5) is 0 Å². The largest absolute Gasteiger partial charge is 0.508 e. The van der Waals surface area contributed by atoms with Gasteiger partial charge in [0.25, 0.3) is 6.47 Å². The van der Waals surface area contributed by atoms with E-state index in [4.69, 9.17) is 9.84 Å². The molecule has 0 aliphatic rings. The van der Waals surface area contributed by atoms with E-state index >= 15 is 0 Å². The van der Waals surface area contributed by atoms with E-state index in [1.54, 1.807) is 12.1 Å². The predicted molar refractivity (Wildman–Crippen MR) is 45.6 cm³/mol. The van der Waals surface area contributed by atoms with Gasteiger partial charge >= 0.3 is 0 Å². The summed E-state index contributed by atoms with van der Waals surface area (Å²) in [5, 5.41) is 8.94. The number of ether oxygens (including phenoxy) is 2. The summed E-state index contributed by atoms with van der Waals surface area (Å²) in [7, 11) is 0. The van der Waals surface area contributed by atoms with Crippen LogP contribution < -0.4 is 4.74 Å². The van der Waals surface area contributed by atoms with Crippen molar-refractivity contribution in [1.82, 2.24) is 0 Å². The van der Waals surface area contributed by atoms with Crippen LogP contribution in [0, 0.1) is 0 Å². The Balaban J connectivity index is 2.28. The summed E-state index contributed by atoms with van der Waals surface area (Å²) in [6, 6.07) is 6.32. The molecule has 0 saturated carbocycles. The molecule has 70 valence electrons. The number of rotatable bonds is 5. The van der Waals surface area contributed by atoms with Crippen molar-refractivity contribution in [3.05, 3.63) is 24.3 Å². The average Bonchev–Trinajstić information content (AvgIpc) is 2.15. The van der Waals surface area contributed by atoms with Crippen LogP contribution in [0.3, 0.4) is 0 Å². The molecule has 0 amide bonds. The molecule has 0 aliphatic heterocycles. The maximum atomic E-state index is 9.75. The third kappa shape index (κ3) is 3.46. The SMILES string of the molecule is O=COCCOc1ccc(O)cc1. The standard InChI is InChI=1S/C9H10O4/c10-7-12-5-6-13-9-3-1-8(11)2-4-9/h1-4,7,11H,5-6H2. The second-order valence-corrected chi connectivity index (χ2v) is 2.31. The third-order valence-corrected chi connectivity index (χ3v) is 1.37. The molecule has 0 atom stereocenters. The summed E-state index contributed by atoms with van der Waals surface area (Å²) in [5.41, 5.74) is 0. The number of hydrogen-bond donors (Lipinski definition) is 1. The molecule has 0 radical (unpaired) electrons. The zero-order valence-electron chi connectivity index (χ0n) is 6.97. The highest BCUT2D eigenvalue weighted by Crippen LogP contribution is 2.15. The fourth-order valence-corrected chi connectivity index (χ4v) is 0.798. The minimum Gasteiger partial charge on any atom is -0.508 e. The molecule has 0 aliphatic carbocycles. The summed E-state index contributed by atoms with van der Waals surface area (Å²) in [6.45, 7) is 0.911. The molecule has 4 nitrogen and oxygen atoms in total. The predicted octanol–water partition coefficient (Wildman–Crippen LogP) is 0.944. The molecule has 1 aromatic rings. The summed E-state index contributed by atoms with van der Waals surface area (Å²) in [4.78, 5) is 9.75. The normalized spacial score (nSPS) is 9.23. The van der Waals surface area contributed by atoms with Crippen molar-refractivity contribution in [3.63, 3.8) is 0 Å². The zero-order chi connectivity index (χ0) is 9.52. The second-order valence-electron chi connectivity index (χ2n) is 2.31. The van der Waals surface area contributed by atoms with Crippen LogP contribution in [-0.4, -0.2) is 24.8 Å². The maximum Gasteiger partial charge on any atom is 0.293 e. The number of phenols is 1. The van der Waals surface area contributed by atoms with Gasteiger partial charge in [-0.2, -0.15) is 0 Å². The molecule has 4 heteroatoms. The number of benzene rings is 1. The molecule has 0 aromatic heterocycles. The van der Waals surface area contributed by atoms with Crippen LogP contribution in [0.5, 0.6) is 11.5 Å². The lowest BCUT2D eigenvalue weighted by molar-refractivity contribution is -0.129. The van der Waals surface area contributed by atoms with E-state index in [0.717, 1.165) is 0 Å². The molecule has 13 heavy (non-hydrogen) atoms. The molecule has 0 heterocycles. The Bertz CT molecular complexity index is 255. The molecular formula is C9H10O4. The van der Waals surface area contributed by atoms with Gasteiger partial charge in [-0.05, 0) is 24.3 Å². The van der Waals surface area contributed by atoms with E-state index in [-0.39, 0.29) is 12.4 Å². The molecular weight excluding hydrogens is 172 g/mol. The number of hydrogen-bond acceptors (Lipinski definition) is 4. The van der Waals surface area contributed by atoms with Crippen molar-refractivity contribution in [3.8, 4) is 11.5 Å². The summed E-state index contributed by atoms with van der Waals surface area (Å²) >= 11 is 0. The monoisotopic (exact) mass is 182 g/mol. The van der Waals surface area contributed by atoms with Crippen molar-refractivity contribution in [2.45, 2.75) is 0 Å². The minimum absolute atomic E-state index is 0.191. The summed E-state index contributed by atoms with van der Waals surface area (Å²) in [6.07, 6.45) is 0. The van der Waals surface area contributed by atoms with E-state index in [2.05, 4.69) is 4.74 Å². The van der Waals surface area contributed by atoms with Crippen LogP contribution in [0.15, 0.2) is 24.3 Å². The van der Waals surface area contributed by atoms with Crippen LogP contribution in [0.1, 0.15) is 0 Å². The minimum atomic E-state index is 0.191. The van der Waals surface area contributed by atoms with Crippen LogP contribution in [0.2, 0.25) is 0 Å². The molecule has 0 saturated heterocycles. The van der Waals surface area contributed by atoms with Crippen molar-refractivity contribution >= 4 is 6.47 Å². The van der Waals surface area contributed by atoms with Gasteiger partial charge < -0.3 is 14.6 Å². The lowest BCUT2D eigenvalue weighted by atomic mass is 10.3. The third-order valence-electron chi connectivity index (χ3n) is 1.37. The molecule has 1 N–H and O–H groups in total. The van der Waals surface area contributed by atoms with E-state index < -0.39 is 0 Å². The van der Waals surface area contributed by atoms with Crippen molar-refractivity contribution in [2.24, 2.45) is 0 Å². The van der Waals surface area contributed by atoms with Gasteiger partial charge in [-0.3, -0.25) is 4.79 Å². The molecule has 1 rings (SSSR count). The first-order chi connectivity index (χ1) is 6.33. The first kappa shape index (κ1) is 9.38. The summed E-state index contributed by atoms with van der Waals surface area (Å²) < 4.78 is 9.59. The quantitative estimate of drug-likeness (QED) is 0.544. The average molecular weight is 182 g/mol. The van der Waals surface area contributed by atoms with E-state index in [1.807, 2.05) is 0 Å². The molecule has 0 fully saturated rings. The lowest BCUT2D eigenvalue weighted by Gasteiger charge is -2.04. The zero-order valence-corrected chi connectivity index (χ0v) is 6.97. The van der Waals surface area contributed by atoms with Gasteiger partial charge in [0.05, 0.1) is 0 Å². The molecule has 0 unspecified atom stereocenters. The molecule has 0 spiro atoms. The number of carbonyl (C=O) groups excluding carboxylic acids is 1. The Morgan fingerprint density at radius 3 is 2.54 bits per heavy atom. The Morgan fingerprint density at radius 1 is 1.23 bits per heavy atom. The highest BCUT2D eigenvalue weighted by atomic mass is 16.5. The Kier molecular flexibility index (Phi) is 3.63. The van der Waals surface area contributed by atoms with Gasteiger partial charge in [0.2, 0.25) is 0 Å². The fraction of sp³-hybridized carbons (Fsp3) is 0.222. The van der Waals surface area contributed by atoms with Gasteiger partial charge in [-0.25, -0.2) is 0 Å². The lowest BCUT2D eigenvalue weighted by Crippen LogP contribution is -2.05. The second kappa shape index (κ2) is 5.03. The highest BCUT2D eigenvalue weighted by molar-refractivity contribution is 5.36. The van der Waals surface area contributed by atoms with Gasteiger partial charge in [0, 0.05) is 0 Å². The Morgan fingerprint density at radius 2 is 1.92 bits per heavy atom. The first-order valence-electron chi connectivity index (χ1n) is 3.80. The summed E-state index contributed by atoms with van der Waals surface area (Å²) in [5.74, 6) is 0.823. The van der Waals surface area contributed by atoms with Gasteiger partial charge in [-0.15, -0.1) is 0 Å². The Hall–Kier alpha value is -1.71. The van der Waals surface area contributed by atoms with Crippen LogP contribution in [0.25, 0.3) is 0 Å². The number of phenolic OH excluding ortho intramolecular Hbond substituents is 1. The Labute approximate surface area is 75.7 Å². The fourth-order valence-electron chi connectivity index (χ4n) is 0.798. The van der Waals surface area contributed by atoms with Gasteiger partial charge in [-0.1, -0.05) is 0 Å². The van der Waals surface area contributed by atoms with Crippen LogP contribution >= 0.6 is 0 Å². The topological polar surface area (TPSA) is 55.8 Å². The molecule has 1 aromatic carbocycles. The smallest absolute Gasteiger partial charge is 0.293 e. The number of carbonyl (C=O) groups is 1. The maximum absolute atomic E-state index is 9.75. The van der Waals surface area contributed by atoms with E-state index in [9.17, 15) is 4.79 Å². The van der Waals surface area contributed by atoms with E-state index in [1.165, 1.54) is 12.1 Å². The van der Waals surface area contributed by atoms with E-state index in [0.29, 0.717) is 18.8 Å².